The van der Waals surface area contributed by atoms with Crippen molar-refractivity contribution in [1.82, 2.24) is 0 Å². The Hall–Kier alpha value is -1.96. The summed E-state index contributed by atoms with van der Waals surface area (Å²) in [5.41, 5.74) is 1.20. The van der Waals surface area contributed by atoms with E-state index in [0.29, 0.717) is 28.9 Å². The molecule has 1 fully saturated rings. The van der Waals surface area contributed by atoms with Crippen LogP contribution < -0.4 is 19.9 Å². The Labute approximate surface area is 165 Å². The molecule has 0 amide bonds. The first kappa shape index (κ1) is 19.8. The van der Waals surface area contributed by atoms with Crippen molar-refractivity contribution in [2.75, 3.05) is 12.4 Å². The van der Waals surface area contributed by atoms with Crippen LogP contribution in [0.5, 0.6) is 11.5 Å². The molecule has 0 aliphatic carbocycles. The number of carboxylic acids is 1. The summed E-state index contributed by atoms with van der Waals surface area (Å²) in [5.74, 6) is -0.00656. The van der Waals surface area contributed by atoms with Gasteiger partial charge in [-0.25, -0.2) is 4.39 Å². The van der Waals surface area contributed by atoms with Crippen LogP contribution in [0.4, 0.5) is 4.39 Å². The van der Waals surface area contributed by atoms with Gasteiger partial charge in [0.1, 0.15) is 24.4 Å². The third-order valence-electron chi connectivity index (χ3n) is 4.20. The average Bonchev–Trinajstić information content (AvgIpc) is 3.13. The van der Waals surface area contributed by atoms with Gasteiger partial charge >= 0.3 is 0 Å². The predicted octanol–water partition coefficient (Wildman–Crippen LogP) is 1.88. The lowest BCUT2D eigenvalue weighted by Crippen LogP contribution is -2.90. The summed E-state index contributed by atoms with van der Waals surface area (Å²) in [7, 11) is 0. The van der Waals surface area contributed by atoms with E-state index in [1.807, 2.05) is 19.1 Å². The second kappa shape index (κ2) is 8.82. The van der Waals surface area contributed by atoms with Crippen molar-refractivity contribution in [1.29, 1.82) is 0 Å². The van der Waals surface area contributed by atoms with Gasteiger partial charge in [0, 0.05) is 11.1 Å². The molecule has 0 spiro atoms. The molecule has 0 unspecified atom stereocenters. The highest BCUT2D eigenvalue weighted by atomic mass is 35.5. The number of halogens is 2. The van der Waals surface area contributed by atoms with Gasteiger partial charge in [0.05, 0.1) is 17.4 Å². The van der Waals surface area contributed by atoms with Crippen molar-refractivity contribution in [2.45, 2.75) is 24.9 Å². The Balaban J connectivity index is 1.77. The van der Waals surface area contributed by atoms with Crippen LogP contribution >= 0.6 is 23.4 Å². The second-order valence-electron chi connectivity index (χ2n) is 6.00. The van der Waals surface area contributed by atoms with Crippen LogP contribution in [-0.4, -0.2) is 24.4 Å². The van der Waals surface area contributed by atoms with Gasteiger partial charge in [0.15, 0.2) is 16.9 Å². The predicted molar refractivity (Wildman–Crippen MR) is 99.3 cm³/mol. The molecule has 0 bridgehead atoms. The monoisotopic (exact) mass is 411 g/mol. The van der Waals surface area contributed by atoms with E-state index in [9.17, 15) is 14.3 Å². The van der Waals surface area contributed by atoms with Crippen LogP contribution in [0, 0.1) is 5.82 Å². The third-order valence-corrected chi connectivity index (χ3v) is 5.89. The maximum absolute atomic E-state index is 13.9. The number of carboxylic acid groups (broad SMARTS) is 1. The summed E-state index contributed by atoms with van der Waals surface area (Å²) < 4.78 is 25.3. The number of thioether (sulfide) groups is 1. The molecule has 5 nitrogen and oxygen atoms in total. The van der Waals surface area contributed by atoms with E-state index in [0.717, 1.165) is 5.56 Å². The number of carbonyl (C=O) groups is 1. The lowest BCUT2D eigenvalue weighted by atomic mass is 10.1. The number of benzene rings is 2. The van der Waals surface area contributed by atoms with Gasteiger partial charge in [0.25, 0.3) is 0 Å². The number of quaternary nitrogens is 1. The first-order valence-electron chi connectivity index (χ1n) is 8.49. The van der Waals surface area contributed by atoms with Gasteiger partial charge < -0.3 is 24.7 Å². The van der Waals surface area contributed by atoms with E-state index < -0.39 is 17.8 Å². The van der Waals surface area contributed by atoms with Crippen LogP contribution in [0.2, 0.25) is 5.02 Å². The number of aliphatic carboxylic acids is 1. The Bertz CT molecular complexity index is 815. The van der Waals surface area contributed by atoms with Crippen LogP contribution in [0.25, 0.3) is 0 Å². The Kier molecular flexibility index (Phi) is 6.46. The molecule has 1 aliphatic heterocycles. The quantitative estimate of drug-likeness (QED) is 0.753. The first-order valence-corrected chi connectivity index (χ1v) is 9.92. The van der Waals surface area contributed by atoms with Crippen molar-refractivity contribution in [2.24, 2.45) is 0 Å². The molecule has 8 heteroatoms. The highest BCUT2D eigenvalue weighted by molar-refractivity contribution is 7.99. The van der Waals surface area contributed by atoms with Gasteiger partial charge in [-0.15, -0.1) is 0 Å². The zero-order valence-electron chi connectivity index (χ0n) is 14.6. The van der Waals surface area contributed by atoms with Gasteiger partial charge in [-0.3, -0.25) is 0 Å². The first-order chi connectivity index (χ1) is 13.0. The van der Waals surface area contributed by atoms with E-state index in [2.05, 4.69) is 0 Å². The second-order valence-corrected chi connectivity index (χ2v) is 7.58. The highest BCUT2D eigenvalue weighted by Crippen LogP contribution is 2.35. The Morgan fingerprint density at radius 3 is 2.81 bits per heavy atom. The van der Waals surface area contributed by atoms with Crippen molar-refractivity contribution >= 4 is 29.3 Å². The van der Waals surface area contributed by atoms with Gasteiger partial charge in [-0.1, -0.05) is 29.4 Å². The lowest BCUT2D eigenvalue weighted by Gasteiger charge is -2.16. The maximum atomic E-state index is 13.9. The normalized spacial score (nSPS) is 19.1. The standard InChI is InChI=1S/C19H19ClFNO4S/c1-2-25-17-8-11(18-22-15(10-27-18)19(23)24)6-7-16(17)26-9-12-13(20)4-3-5-14(12)21/h3-8,15,18,22H,2,9-10H2,1H3,(H,23,24)/t15-,18-/m1/s1. The third kappa shape index (κ3) is 4.66. The summed E-state index contributed by atoms with van der Waals surface area (Å²) in [6, 6.07) is 9.34. The summed E-state index contributed by atoms with van der Waals surface area (Å²) in [5, 5.41) is 13.1. The molecular weight excluding hydrogens is 393 g/mol. The number of rotatable bonds is 7. The maximum Gasteiger partial charge on any atom is 0.161 e. The molecule has 2 atom stereocenters. The number of hydrogen-bond donors (Lipinski definition) is 1. The van der Waals surface area contributed by atoms with Crippen molar-refractivity contribution in [3.8, 4) is 11.5 Å². The summed E-state index contributed by atoms with van der Waals surface area (Å²) in [4.78, 5) is 11.0. The summed E-state index contributed by atoms with van der Waals surface area (Å²) >= 11 is 7.57. The summed E-state index contributed by atoms with van der Waals surface area (Å²) in [6.45, 7) is 2.26. The van der Waals surface area contributed by atoms with E-state index in [1.165, 1.54) is 23.9 Å². The number of nitrogens with two attached hydrogens (primary N) is 1. The molecule has 1 heterocycles. The molecule has 0 saturated carbocycles. The van der Waals surface area contributed by atoms with Crippen LogP contribution in [0.15, 0.2) is 36.4 Å². The van der Waals surface area contributed by atoms with Crippen molar-refractivity contribution in [3.05, 3.63) is 58.4 Å². The number of hydrogen-bond acceptors (Lipinski definition) is 5. The molecule has 2 aromatic rings. The lowest BCUT2D eigenvalue weighted by molar-refractivity contribution is -0.690. The van der Waals surface area contributed by atoms with Crippen LogP contribution in [0.1, 0.15) is 23.4 Å². The van der Waals surface area contributed by atoms with Crippen molar-refractivity contribution < 1.29 is 29.1 Å². The summed E-state index contributed by atoms with van der Waals surface area (Å²) in [6.07, 6.45) is 0. The van der Waals surface area contributed by atoms with Crippen LogP contribution in [0.3, 0.4) is 0 Å². The molecule has 2 aromatic carbocycles. The van der Waals surface area contributed by atoms with Gasteiger partial charge in [-0.05, 0) is 37.3 Å². The van der Waals surface area contributed by atoms with Crippen molar-refractivity contribution in [3.63, 3.8) is 0 Å². The van der Waals surface area contributed by atoms with E-state index in [-0.39, 0.29) is 17.5 Å². The van der Waals surface area contributed by atoms with E-state index in [1.54, 1.807) is 17.4 Å². The van der Waals surface area contributed by atoms with E-state index in [4.69, 9.17) is 21.1 Å². The largest absolute Gasteiger partial charge is 0.544 e. The number of carbonyl (C=O) groups excluding carboxylic acids is 1. The fourth-order valence-corrected chi connectivity index (χ4v) is 4.31. The fourth-order valence-electron chi connectivity index (χ4n) is 2.79. The van der Waals surface area contributed by atoms with Crippen LogP contribution in [-0.2, 0) is 11.4 Å². The van der Waals surface area contributed by atoms with Gasteiger partial charge in [-0.2, -0.15) is 0 Å². The molecule has 3 rings (SSSR count). The molecule has 144 valence electrons. The SMILES string of the molecule is CCOc1cc([C@@H]2[NH2+][C@@H](C(=O)[O-])CS2)ccc1OCc1c(F)cccc1Cl. The molecule has 0 radical (unpaired) electrons. The molecule has 1 saturated heterocycles. The molecular formula is C19H19ClFNO4S. The average molecular weight is 412 g/mol. The fraction of sp³-hybridized carbons (Fsp3) is 0.316. The Morgan fingerprint density at radius 1 is 1.33 bits per heavy atom. The topological polar surface area (TPSA) is 75.2 Å². The minimum Gasteiger partial charge on any atom is -0.544 e. The highest BCUT2D eigenvalue weighted by Gasteiger charge is 2.31. The minimum absolute atomic E-state index is 0.0258. The van der Waals surface area contributed by atoms with E-state index >= 15 is 0 Å². The molecule has 2 N–H and O–H groups in total. The smallest absolute Gasteiger partial charge is 0.161 e. The molecule has 27 heavy (non-hydrogen) atoms. The molecule has 1 aliphatic rings. The number of ether oxygens (including phenoxy) is 2. The zero-order valence-corrected chi connectivity index (χ0v) is 16.2. The Morgan fingerprint density at radius 2 is 2.15 bits per heavy atom. The zero-order chi connectivity index (χ0) is 19.4. The van der Waals surface area contributed by atoms with Gasteiger partial charge in [0.2, 0.25) is 0 Å². The minimum atomic E-state index is -1.06. The molecule has 0 aromatic heterocycles.